The van der Waals surface area contributed by atoms with Crippen LogP contribution in [0.4, 0.5) is 0 Å². The number of nitrogens with zero attached hydrogens (tertiary/aromatic N) is 4. The number of rotatable bonds is 6. The molecule has 0 spiro atoms. The summed E-state index contributed by atoms with van der Waals surface area (Å²) in [5, 5.41) is 17.3. The van der Waals surface area contributed by atoms with Gasteiger partial charge in [0.15, 0.2) is 5.84 Å². The van der Waals surface area contributed by atoms with E-state index in [0.717, 1.165) is 27.8 Å². The van der Waals surface area contributed by atoms with Crippen LogP contribution >= 0.6 is 23.4 Å². The minimum absolute atomic E-state index is 0.0138. The first kappa shape index (κ1) is 23.3. The number of amidine groups is 2. The zero-order valence-electron chi connectivity index (χ0n) is 19.5. The fourth-order valence-corrected chi connectivity index (χ4v) is 5.23. The van der Waals surface area contributed by atoms with Crippen molar-refractivity contribution < 1.29 is 9.53 Å². The Morgan fingerprint density at radius 3 is 2.59 bits per heavy atom. The molecule has 0 atom stereocenters. The van der Waals surface area contributed by atoms with Crippen molar-refractivity contribution in [2.24, 2.45) is 10.1 Å². The van der Waals surface area contributed by atoms with Gasteiger partial charge in [-0.15, -0.1) is 0 Å². The molecule has 2 aliphatic rings. The van der Waals surface area contributed by atoms with Gasteiger partial charge in [0.05, 0.1) is 5.57 Å². The lowest BCUT2D eigenvalue weighted by Crippen LogP contribution is -2.35. The maximum absolute atomic E-state index is 13.0. The molecule has 1 aromatic heterocycles. The summed E-state index contributed by atoms with van der Waals surface area (Å²) in [6, 6.07) is 25.1. The van der Waals surface area contributed by atoms with Gasteiger partial charge in [-0.1, -0.05) is 66.2 Å². The van der Waals surface area contributed by atoms with Crippen molar-refractivity contribution in [1.29, 1.82) is 5.41 Å². The Kier molecular flexibility index (Phi) is 6.12. The van der Waals surface area contributed by atoms with Crippen LogP contribution in [0.3, 0.4) is 0 Å². The summed E-state index contributed by atoms with van der Waals surface area (Å²) in [5.41, 5.74) is 2.99. The van der Waals surface area contributed by atoms with Gasteiger partial charge in [0.2, 0.25) is 5.17 Å². The van der Waals surface area contributed by atoms with Crippen LogP contribution in [0.1, 0.15) is 11.1 Å². The summed E-state index contributed by atoms with van der Waals surface area (Å²) in [6.07, 6.45) is 3.69. The van der Waals surface area contributed by atoms with E-state index in [9.17, 15) is 4.79 Å². The maximum Gasteiger partial charge on any atom is 0.283 e. The van der Waals surface area contributed by atoms with E-state index < -0.39 is 5.91 Å². The minimum atomic E-state index is -0.466. The van der Waals surface area contributed by atoms with Crippen LogP contribution in [-0.2, 0) is 11.3 Å². The second-order valence-corrected chi connectivity index (χ2v) is 9.88. The van der Waals surface area contributed by atoms with E-state index in [1.165, 1.54) is 16.8 Å². The number of hydrazone groups is 1. The molecule has 0 fully saturated rings. The maximum atomic E-state index is 13.0. The van der Waals surface area contributed by atoms with Crippen LogP contribution in [0.2, 0.25) is 5.02 Å². The Labute approximate surface area is 222 Å². The highest BCUT2D eigenvalue weighted by Gasteiger charge is 2.36. The summed E-state index contributed by atoms with van der Waals surface area (Å²) in [6.45, 7) is 0.801. The lowest BCUT2D eigenvalue weighted by Gasteiger charge is -2.20. The van der Waals surface area contributed by atoms with Gasteiger partial charge in [0.25, 0.3) is 5.91 Å². The Morgan fingerprint density at radius 2 is 1.76 bits per heavy atom. The van der Waals surface area contributed by atoms with Crippen LogP contribution in [0, 0.1) is 5.41 Å². The molecule has 182 valence electrons. The van der Waals surface area contributed by atoms with Crippen LogP contribution < -0.4 is 4.74 Å². The predicted octanol–water partition coefficient (Wildman–Crippen LogP) is 6.04. The number of thioether (sulfide) groups is 1. The van der Waals surface area contributed by atoms with E-state index in [1.807, 2.05) is 85.1 Å². The Bertz CT molecular complexity index is 1640. The number of hydrogen-bond acceptors (Lipinski definition) is 5. The molecule has 0 bridgehead atoms. The SMILES string of the molecule is N=C1/C(=C\c2cn(Cc3ccccc3Cl)c3ccccc23)C(=O)N=C2SC(COc3ccccc3)=NN12. The average Bonchev–Trinajstić information content (AvgIpc) is 3.48. The molecule has 0 unspecified atom stereocenters. The fraction of sp³-hybridized carbons (Fsp3) is 0.0714. The monoisotopic (exact) mass is 525 g/mol. The van der Waals surface area contributed by atoms with E-state index in [2.05, 4.69) is 14.7 Å². The normalized spacial score (nSPS) is 16.2. The number of nitrogens with one attached hydrogen (secondary N) is 1. The number of para-hydroxylation sites is 2. The van der Waals surface area contributed by atoms with Gasteiger partial charge in [-0.3, -0.25) is 10.2 Å². The van der Waals surface area contributed by atoms with Gasteiger partial charge in [-0.2, -0.15) is 15.1 Å². The van der Waals surface area contributed by atoms with Crippen molar-refractivity contribution in [3.05, 3.63) is 107 Å². The molecule has 0 radical (unpaired) electrons. The number of hydrogen-bond donors (Lipinski definition) is 1. The van der Waals surface area contributed by atoms with E-state index in [1.54, 1.807) is 6.08 Å². The van der Waals surface area contributed by atoms with Crippen molar-refractivity contribution >= 4 is 62.3 Å². The molecule has 4 aromatic rings. The second-order valence-electron chi connectivity index (χ2n) is 8.44. The number of ether oxygens (including phenoxy) is 1. The minimum Gasteiger partial charge on any atom is -0.487 e. The smallest absolute Gasteiger partial charge is 0.283 e. The first-order valence-electron chi connectivity index (χ1n) is 11.5. The van der Waals surface area contributed by atoms with Gasteiger partial charge in [-0.25, -0.2) is 0 Å². The standard InChI is InChI=1S/C28H20ClN5O2S/c29-23-12-6-4-8-18(23)15-33-16-19(21-11-5-7-13-24(21)33)14-22-26(30)34-28(31-27(22)35)37-25(32-34)17-36-20-9-2-1-3-10-20/h1-14,16,30H,15,17H2/b22-14+,30-26?. The van der Waals surface area contributed by atoms with Crippen molar-refractivity contribution in [3.63, 3.8) is 0 Å². The first-order chi connectivity index (χ1) is 18.1. The Hall–Kier alpha value is -4.14. The lowest BCUT2D eigenvalue weighted by molar-refractivity contribution is -0.114. The molecule has 37 heavy (non-hydrogen) atoms. The Balaban J connectivity index is 1.30. The zero-order valence-corrected chi connectivity index (χ0v) is 21.0. The number of benzene rings is 3. The van der Waals surface area contributed by atoms with Crippen molar-refractivity contribution in [3.8, 4) is 5.75 Å². The molecule has 9 heteroatoms. The molecule has 0 saturated carbocycles. The van der Waals surface area contributed by atoms with Crippen molar-refractivity contribution in [2.75, 3.05) is 6.61 Å². The molecule has 0 saturated heterocycles. The summed E-state index contributed by atoms with van der Waals surface area (Å²) in [4.78, 5) is 17.2. The third kappa shape index (κ3) is 4.57. The number of fused-ring (bicyclic) bond motifs is 2. The second kappa shape index (κ2) is 9.72. The topological polar surface area (TPSA) is 83.0 Å². The molecule has 2 aliphatic heterocycles. The number of carbonyl (C=O) groups is 1. The van der Waals surface area contributed by atoms with E-state index in [-0.39, 0.29) is 18.0 Å². The zero-order chi connectivity index (χ0) is 25.4. The van der Waals surface area contributed by atoms with Crippen LogP contribution in [0.5, 0.6) is 5.75 Å². The molecule has 3 aromatic carbocycles. The number of amides is 1. The largest absolute Gasteiger partial charge is 0.487 e. The van der Waals surface area contributed by atoms with Crippen LogP contribution in [-0.4, -0.2) is 38.1 Å². The van der Waals surface area contributed by atoms with Crippen molar-refractivity contribution in [1.82, 2.24) is 9.58 Å². The summed E-state index contributed by atoms with van der Waals surface area (Å²) >= 11 is 7.64. The number of aromatic nitrogens is 1. The van der Waals surface area contributed by atoms with Crippen LogP contribution in [0.25, 0.3) is 17.0 Å². The molecule has 0 aliphatic carbocycles. The average molecular weight is 526 g/mol. The van der Waals surface area contributed by atoms with Crippen molar-refractivity contribution in [2.45, 2.75) is 6.54 Å². The molecular weight excluding hydrogens is 506 g/mol. The third-order valence-corrected chi connectivity index (χ3v) is 7.27. The molecule has 7 nitrogen and oxygen atoms in total. The van der Waals surface area contributed by atoms with E-state index in [0.29, 0.717) is 21.8 Å². The highest BCUT2D eigenvalue weighted by atomic mass is 35.5. The molecule has 3 heterocycles. The summed E-state index contributed by atoms with van der Waals surface area (Å²) in [7, 11) is 0. The lowest BCUT2D eigenvalue weighted by atomic mass is 10.1. The number of halogens is 1. The highest BCUT2D eigenvalue weighted by molar-refractivity contribution is 8.27. The quantitative estimate of drug-likeness (QED) is 0.311. The predicted molar refractivity (Wildman–Crippen MR) is 149 cm³/mol. The number of carbonyl (C=O) groups excluding carboxylic acids is 1. The van der Waals surface area contributed by atoms with Gasteiger partial charge in [0, 0.05) is 34.2 Å². The molecule has 6 rings (SSSR count). The Morgan fingerprint density at radius 1 is 1.00 bits per heavy atom. The summed E-state index contributed by atoms with van der Waals surface area (Å²) in [5.74, 6) is 0.241. The summed E-state index contributed by atoms with van der Waals surface area (Å²) < 4.78 is 7.87. The highest BCUT2D eigenvalue weighted by Crippen LogP contribution is 2.31. The molecule has 1 amide bonds. The molecule has 1 N–H and O–H groups in total. The van der Waals surface area contributed by atoms with Gasteiger partial charge >= 0.3 is 0 Å². The van der Waals surface area contributed by atoms with Crippen LogP contribution in [0.15, 0.2) is 101 Å². The third-order valence-electron chi connectivity index (χ3n) is 6.02. The van der Waals surface area contributed by atoms with Gasteiger partial charge < -0.3 is 9.30 Å². The fourth-order valence-electron chi connectivity index (χ4n) is 4.24. The molecular formula is C28H20ClN5O2S. The van der Waals surface area contributed by atoms with E-state index in [4.69, 9.17) is 21.7 Å². The van der Waals surface area contributed by atoms with Gasteiger partial charge in [-0.05, 0) is 47.7 Å². The van der Waals surface area contributed by atoms with E-state index >= 15 is 0 Å². The number of aliphatic imine (C=N–C) groups is 1. The van der Waals surface area contributed by atoms with Gasteiger partial charge in [0.1, 0.15) is 17.4 Å². The first-order valence-corrected chi connectivity index (χ1v) is 12.7.